The number of hydrogen-bond acceptors (Lipinski definition) is 2. The maximum Gasteiger partial charge on any atom is 0.261 e. The Kier molecular flexibility index (Phi) is 6.05. The first-order valence-electron chi connectivity index (χ1n) is 7.81. The fourth-order valence-corrected chi connectivity index (χ4v) is 2.43. The first kappa shape index (κ1) is 17.4. The molecule has 4 heteroatoms. The molecular weight excluding hydrogens is 310 g/mol. The molecule has 0 saturated heterocycles. The second-order valence-corrected chi connectivity index (χ2v) is 5.98. The lowest BCUT2D eigenvalue weighted by atomic mass is 10.0. The van der Waals surface area contributed by atoms with Crippen LogP contribution in [0, 0.1) is 0 Å². The van der Waals surface area contributed by atoms with Gasteiger partial charge in [-0.2, -0.15) is 0 Å². The first-order chi connectivity index (χ1) is 11.0. The molecule has 0 radical (unpaired) electrons. The molecular formula is C19H22ClNO2. The van der Waals surface area contributed by atoms with Crippen molar-refractivity contribution in [2.75, 3.05) is 0 Å². The molecule has 0 aliphatic carbocycles. The molecule has 122 valence electrons. The molecule has 3 nitrogen and oxygen atoms in total. The van der Waals surface area contributed by atoms with Crippen LogP contribution in [0.25, 0.3) is 0 Å². The van der Waals surface area contributed by atoms with Crippen LogP contribution in [-0.4, -0.2) is 12.0 Å². The van der Waals surface area contributed by atoms with E-state index in [-0.39, 0.29) is 11.9 Å². The van der Waals surface area contributed by atoms with Crippen LogP contribution in [0.3, 0.4) is 0 Å². The third-order valence-electron chi connectivity index (χ3n) is 3.72. The zero-order chi connectivity index (χ0) is 16.8. The maximum atomic E-state index is 12.3. The van der Waals surface area contributed by atoms with Gasteiger partial charge in [-0.25, -0.2) is 0 Å². The average molecular weight is 332 g/mol. The van der Waals surface area contributed by atoms with E-state index in [1.54, 1.807) is 31.2 Å². The molecule has 1 N–H and O–H groups in total. The van der Waals surface area contributed by atoms with Gasteiger partial charge in [-0.3, -0.25) is 4.79 Å². The molecule has 2 rings (SSSR count). The third-order valence-corrected chi connectivity index (χ3v) is 3.96. The molecule has 0 bridgehead atoms. The SMILES string of the molecule is CCc1ccc(C(C)NC(=O)C(C)Oc2cccc(Cl)c2)cc1. The number of hydrogen-bond donors (Lipinski definition) is 1. The summed E-state index contributed by atoms with van der Waals surface area (Å²) in [5.74, 6) is 0.428. The molecule has 2 aromatic rings. The highest BCUT2D eigenvalue weighted by Crippen LogP contribution is 2.19. The quantitative estimate of drug-likeness (QED) is 0.843. The van der Waals surface area contributed by atoms with Crippen molar-refractivity contribution in [2.45, 2.75) is 39.3 Å². The van der Waals surface area contributed by atoms with Gasteiger partial charge < -0.3 is 10.1 Å². The minimum absolute atomic E-state index is 0.0705. The van der Waals surface area contributed by atoms with E-state index >= 15 is 0 Å². The van der Waals surface area contributed by atoms with Crippen molar-refractivity contribution >= 4 is 17.5 Å². The highest BCUT2D eigenvalue weighted by molar-refractivity contribution is 6.30. The summed E-state index contributed by atoms with van der Waals surface area (Å²) in [5.41, 5.74) is 2.36. The van der Waals surface area contributed by atoms with Crippen molar-refractivity contribution in [1.82, 2.24) is 5.32 Å². The molecule has 23 heavy (non-hydrogen) atoms. The van der Waals surface area contributed by atoms with Gasteiger partial charge in [0.2, 0.25) is 0 Å². The van der Waals surface area contributed by atoms with Gasteiger partial charge in [-0.05, 0) is 49.6 Å². The maximum absolute atomic E-state index is 12.3. The van der Waals surface area contributed by atoms with Crippen molar-refractivity contribution in [2.24, 2.45) is 0 Å². The predicted molar refractivity (Wildman–Crippen MR) is 93.9 cm³/mol. The number of benzene rings is 2. The molecule has 2 unspecified atom stereocenters. The molecule has 0 spiro atoms. The van der Waals surface area contributed by atoms with E-state index in [0.717, 1.165) is 12.0 Å². The minimum Gasteiger partial charge on any atom is -0.481 e. The normalized spacial score (nSPS) is 13.2. The highest BCUT2D eigenvalue weighted by atomic mass is 35.5. The fraction of sp³-hybridized carbons (Fsp3) is 0.316. The number of halogens is 1. The summed E-state index contributed by atoms with van der Waals surface area (Å²) in [4.78, 5) is 12.3. The summed E-state index contributed by atoms with van der Waals surface area (Å²) in [6.45, 7) is 5.81. The Morgan fingerprint density at radius 3 is 2.48 bits per heavy atom. The number of carbonyl (C=O) groups is 1. The Bertz CT molecular complexity index is 655. The summed E-state index contributed by atoms with van der Waals surface area (Å²) >= 11 is 5.92. The molecule has 0 heterocycles. The van der Waals surface area contributed by atoms with Crippen LogP contribution < -0.4 is 10.1 Å². The second-order valence-electron chi connectivity index (χ2n) is 5.54. The second kappa shape index (κ2) is 8.02. The number of nitrogens with one attached hydrogen (secondary N) is 1. The summed E-state index contributed by atoms with van der Waals surface area (Å²) < 4.78 is 5.63. The Labute approximate surface area is 142 Å². The van der Waals surface area contributed by atoms with Gasteiger partial charge in [0.15, 0.2) is 6.10 Å². The minimum atomic E-state index is -0.592. The van der Waals surface area contributed by atoms with Gasteiger partial charge in [-0.15, -0.1) is 0 Å². The molecule has 2 aromatic carbocycles. The number of aryl methyl sites for hydroxylation is 1. The van der Waals surface area contributed by atoms with Gasteiger partial charge >= 0.3 is 0 Å². The van der Waals surface area contributed by atoms with Crippen LogP contribution in [0.2, 0.25) is 5.02 Å². The van der Waals surface area contributed by atoms with E-state index in [4.69, 9.17) is 16.3 Å². The van der Waals surface area contributed by atoms with Crippen LogP contribution in [0.15, 0.2) is 48.5 Å². The van der Waals surface area contributed by atoms with Crippen LogP contribution >= 0.6 is 11.6 Å². The molecule has 0 saturated carbocycles. The van der Waals surface area contributed by atoms with Crippen LogP contribution in [0.5, 0.6) is 5.75 Å². The highest BCUT2D eigenvalue weighted by Gasteiger charge is 2.17. The Balaban J connectivity index is 1.94. The van der Waals surface area contributed by atoms with Crippen molar-refractivity contribution in [3.63, 3.8) is 0 Å². The standard InChI is InChI=1S/C19H22ClNO2/c1-4-15-8-10-16(11-9-15)13(2)21-19(22)14(3)23-18-7-5-6-17(20)12-18/h5-14H,4H2,1-3H3,(H,21,22). The van der Waals surface area contributed by atoms with E-state index in [1.807, 2.05) is 19.1 Å². The van der Waals surface area contributed by atoms with Gasteiger partial charge in [-0.1, -0.05) is 48.9 Å². The third kappa shape index (κ3) is 5.00. The fourth-order valence-electron chi connectivity index (χ4n) is 2.25. The van der Waals surface area contributed by atoms with Crippen LogP contribution in [-0.2, 0) is 11.2 Å². The van der Waals surface area contributed by atoms with Gasteiger partial charge in [0.1, 0.15) is 5.75 Å². The van der Waals surface area contributed by atoms with Crippen molar-refractivity contribution in [3.8, 4) is 5.75 Å². The lowest BCUT2D eigenvalue weighted by Crippen LogP contribution is -2.37. The number of rotatable bonds is 6. The van der Waals surface area contributed by atoms with Gasteiger partial charge in [0, 0.05) is 5.02 Å². The van der Waals surface area contributed by atoms with Crippen LogP contribution in [0.1, 0.15) is 37.9 Å². The number of amides is 1. The summed E-state index contributed by atoms with van der Waals surface area (Å²) in [6.07, 6.45) is 0.414. The Morgan fingerprint density at radius 1 is 1.17 bits per heavy atom. The summed E-state index contributed by atoms with van der Waals surface area (Å²) in [6, 6.07) is 15.2. The van der Waals surface area contributed by atoms with Crippen molar-refractivity contribution in [1.29, 1.82) is 0 Å². The smallest absolute Gasteiger partial charge is 0.261 e. The van der Waals surface area contributed by atoms with Gasteiger partial charge in [0.05, 0.1) is 6.04 Å². The topological polar surface area (TPSA) is 38.3 Å². The molecule has 0 aliphatic heterocycles. The molecule has 2 atom stereocenters. The number of ether oxygens (including phenoxy) is 1. The zero-order valence-electron chi connectivity index (χ0n) is 13.7. The van der Waals surface area contributed by atoms with E-state index in [9.17, 15) is 4.79 Å². The monoisotopic (exact) mass is 331 g/mol. The summed E-state index contributed by atoms with van der Waals surface area (Å²) in [7, 11) is 0. The van der Waals surface area contributed by atoms with E-state index in [0.29, 0.717) is 10.8 Å². The predicted octanol–water partition coefficient (Wildman–Crippen LogP) is 4.55. The molecule has 0 fully saturated rings. The largest absolute Gasteiger partial charge is 0.481 e. The van der Waals surface area contributed by atoms with Crippen molar-refractivity contribution < 1.29 is 9.53 Å². The number of carbonyl (C=O) groups excluding carboxylic acids is 1. The lowest BCUT2D eigenvalue weighted by molar-refractivity contribution is -0.127. The molecule has 1 amide bonds. The Hall–Kier alpha value is -2.00. The van der Waals surface area contributed by atoms with E-state index in [2.05, 4.69) is 24.4 Å². The Morgan fingerprint density at radius 2 is 1.87 bits per heavy atom. The zero-order valence-corrected chi connectivity index (χ0v) is 14.4. The van der Waals surface area contributed by atoms with Crippen LogP contribution in [0.4, 0.5) is 0 Å². The first-order valence-corrected chi connectivity index (χ1v) is 8.19. The average Bonchev–Trinajstić information content (AvgIpc) is 2.54. The molecule has 0 aliphatic rings. The summed E-state index contributed by atoms with van der Waals surface area (Å²) in [5, 5.41) is 3.55. The van der Waals surface area contributed by atoms with Gasteiger partial charge in [0.25, 0.3) is 5.91 Å². The molecule has 0 aromatic heterocycles. The van der Waals surface area contributed by atoms with E-state index < -0.39 is 6.10 Å². The lowest BCUT2D eigenvalue weighted by Gasteiger charge is -2.19. The van der Waals surface area contributed by atoms with Crippen molar-refractivity contribution in [3.05, 3.63) is 64.7 Å². The van der Waals surface area contributed by atoms with E-state index in [1.165, 1.54) is 5.56 Å².